The van der Waals surface area contributed by atoms with E-state index in [0.29, 0.717) is 33.4 Å². The van der Waals surface area contributed by atoms with Gasteiger partial charge in [0.2, 0.25) is 5.91 Å². The third-order valence-electron chi connectivity index (χ3n) is 6.23. The molecular formula is C23H20Cl2F5N3O3. The van der Waals surface area contributed by atoms with Crippen LogP contribution < -0.4 is 15.4 Å². The number of alkyl halides is 3. The number of urea groups is 1. The minimum atomic E-state index is -4.75. The van der Waals surface area contributed by atoms with Gasteiger partial charge in [0.15, 0.2) is 0 Å². The van der Waals surface area contributed by atoms with E-state index >= 15 is 0 Å². The molecule has 1 heterocycles. The monoisotopic (exact) mass is 551 g/mol. The number of hydrogen-bond donors (Lipinski definition) is 2. The number of carbonyl (C=O) groups excluding carboxylic acids is 2. The van der Waals surface area contributed by atoms with E-state index in [-0.39, 0.29) is 5.75 Å². The fraction of sp³-hybridized carbons (Fsp3) is 0.391. The fourth-order valence-electron chi connectivity index (χ4n) is 4.45. The van der Waals surface area contributed by atoms with Crippen molar-refractivity contribution in [2.45, 2.75) is 36.5 Å². The molecule has 2 aromatic carbocycles. The molecule has 1 aliphatic carbocycles. The maximum Gasteiger partial charge on any atom is 0.406 e. The Kier molecular flexibility index (Phi) is 7.00. The van der Waals surface area contributed by atoms with Crippen molar-refractivity contribution in [3.63, 3.8) is 0 Å². The van der Waals surface area contributed by atoms with E-state index in [4.69, 9.17) is 27.9 Å². The second-order valence-electron chi connectivity index (χ2n) is 8.76. The first kappa shape index (κ1) is 26.3. The molecule has 13 heteroatoms. The minimum absolute atomic E-state index is 0.150. The van der Waals surface area contributed by atoms with Crippen molar-refractivity contribution in [2.75, 3.05) is 20.2 Å². The first-order valence-electron chi connectivity index (χ1n) is 10.8. The van der Waals surface area contributed by atoms with Crippen LogP contribution in [0.25, 0.3) is 0 Å². The van der Waals surface area contributed by atoms with Crippen LogP contribution in [0, 0.1) is 11.6 Å². The summed E-state index contributed by atoms with van der Waals surface area (Å²) in [5, 5.41) is 5.71. The highest BCUT2D eigenvalue weighted by Gasteiger charge is 2.50. The lowest BCUT2D eigenvalue weighted by Crippen LogP contribution is -2.51. The van der Waals surface area contributed by atoms with Crippen LogP contribution in [0.4, 0.5) is 26.7 Å². The quantitative estimate of drug-likeness (QED) is 0.489. The highest BCUT2D eigenvalue weighted by atomic mass is 35.5. The van der Waals surface area contributed by atoms with Gasteiger partial charge in [0, 0.05) is 40.2 Å². The molecule has 2 atom stereocenters. The molecule has 1 saturated carbocycles. The zero-order chi connectivity index (χ0) is 26.4. The molecule has 0 unspecified atom stereocenters. The van der Waals surface area contributed by atoms with Gasteiger partial charge in [-0.15, -0.1) is 0 Å². The summed E-state index contributed by atoms with van der Waals surface area (Å²) in [5.74, 6) is -4.91. The Morgan fingerprint density at radius 1 is 1.11 bits per heavy atom. The van der Waals surface area contributed by atoms with E-state index in [1.807, 2.05) is 0 Å². The minimum Gasteiger partial charge on any atom is -0.497 e. The normalized spacial score (nSPS) is 20.9. The van der Waals surface area contributed by atoms with E-state index in [2.05, 4.69) is 10.6 Å². The van der Waals surface area contributed by atoms with E-state index < -0.39 is 65.9 Å². The average Bonchev–Trinajstić information content (AvgIpc) is 3.48. The zero-order valence-electron chi connectivity index (χ0n) is 18.7. The maximum atomic E-state index is 14.8. The van der Waals surface area contributed by atoms with Crippen molar-refractivity contribution < 1.29 is 36.3 Å². The van der Waals surface area contributed by atoms with Crippen LogP contribution in [-0.2, 0) is 10.3 Å². The van der Waals surface area contributed by atoms with Crippen LogP contribution >= 0.6 is 23.2 Å². The van der Waals surface area contributed by atoms with Gasteiger partial charge in [0.1, 0.15) is 30.0 Å². The van der Waals surface area contributed by atoms with Gasteiger partial charge in [0.05, 0.1) is 12.6 Å². The van der Waals surface area contributed by atoms with E-state index in [9.17, 15) is 31.5 Å². The molecule has 0 spiro atoms. The number of amides is 3. The standard InChI is InChI=1S/C23H20Cl2F5N3O3/c1-36-14-7-16(26)18(17(27)8-14)15-9-33(10-23(28,29)30)20(34)19(15)31-21(35)32-22(2-3-22)11-4-12(24)6-13(25)5-11/h4-8,15,19H,2-3,9-10H2,1H3,(H2,31,32,35)/t15-,19-/m0/s1. The predicted octanol–water partition coefficient (Wildman–Crippen LogP) is 5.13. The summed E-state index contributed by atoms with van der Waals surface area (Å²) in [6, 6.07) is 3.90. The summed E-state index contributed by atoms with van der Waals surface area (Å²) in [5.41, 5.74) is -0.866. The Balaban J connectivity index is 1.61. The first-order valence-corrected chi connectivity index (χ1v) is 11.5. The van der Waals surface area contributed by atoms with Crippen LogP contribution in [-0.4, -0.2) is 49.3 Å². The molecule has 2 aliphatic rings. The summed E-state index contributed by atoms with van der Waals surface area (Å²) >= 11 is 12.1. The number of hydrogen-bond acceptors (Lipinski definition) is 3. The van der Waals surface area contributed by atoms with Gasteiger partial charge in [0.25, 0.3) is 0 Å². The second kappa shape index (κ2) is 9.59. The van der Waals surface area contributed by atoms with Gasteiger partial charge in [-0.25, -0.2) is 13.6 Å². The van der Waals surface area contributed by atoms with Crippen LogP contribution in [0.15, 0.2) is 30.3 Å². The van der Waals surface area contributed by atoms with E-state index in [0.717, 1.165) is 12.1 Å². The lowest BCUT2D eigenvalue weighted by atomic mass is 9.92. The summed E-state index contributed by atoms with van der Waals surface area (Å²) in [6.45, 7) is -2.29. The fourth-order valence-corrected chi connectivity index (χ4v) is 4.98. The molecule has 2 N–H and O–H groups in total. The van der Waals surface area contributed by atoms with E-state index in [1.54, 1.807) is 12.1 Å². The van der Waals surface area contributed by atoms with Gasteiger partial charge < -0.3 is 20.3 Å². The van der Waals surface area contributed by atoms with E-state index in [1.165, 1.54) is 13.2 Å². The van der Waals surface area contributed by atoms with Gasteiger partial charge in [-0.3, -0.25) is 4.79 Å². The highest BCUT2D eigenvalue weighted by Crippen LogP contribution is 2.47. The first-order chi connectivity index (χ1) is 16.8. The van der Waals surface area contributed by atoms with Crippen LogP contribution in [0.1, 0.15) is 29.9 Å². The molecule has 194 valence electrons. The van der Waals surface area contributed by atoms with Crippen molar-refractivity contribution >= 4 is 35.1 Å². The molecule has 1 saturated heterocycles. The lowest BCUT2D eigenvalue weighted by molar-refractivity contribution is -0.157. The third kappa shape index (κ3) is 5.46. The Bertz CT molecular complexity index is 1160. The molecule has 2 fully saturated rings. The number of carbonyl (C=O) groups is 2. The van der Waals surface area contributed by atoms with Gasteiger partial charge in [-0.1, -0.05) is 23.2 Å². The molecule has 0 bridgehead atoms. The number of methoxy groups -OCH3 is 1. The molecule has 4 rings (SSSR count). The second-order valence-corrected chi connectivity index (χ2v) is 9.63. The molecule has 1 aliphatic heterocycles. The number of nitrogens with zero attached hydrogens (tertiary/aromatic N) is 1. The van der Waals surface area contributed by atoms with Crippen LogP contribution in [0.3, 0.4) is 0 Å². The number of rotatable bonds is 6. The largest absolute Gasteiger partial charge is 0.497 e. The van der Waals surface area contributed by atoms with Crippen molar-refractivity contribution in [3.8, 4) is 5.75 Å². The number of halogens is 7. The van der Waals surface area contributed by atoms with Crippen molar-refractivity contribution in [1.82, 2.24) is 15.5 Å². The lowest BCUT2D eigenvalue weighted by Gasteiger charge is -2.23. The maximum absolute atomic E-state index is 14.8. The predicted molar refractivity (Wildman–Crippen MR) is 121 cm³/mol. The number of ether oxygens (including phenoxy) is 1. The van der Waals surface area contributed by atoms with Gasteiger partial charge in [-0.05, 0) is 36.6 Å². The number of benzene rings is 2. The summed E-state index contributed by atoms with van der Waals surface area (Å²) in [4.78, 5) is 26.2. The summed E-state index contributed by atoms with van der Waals surface area (Å²) in [7, 11) is 1.19. The van der Waals surface area contributed by atoms with Crippen molar-refractivity contribution in [3.05, 3.63) is 63.1 Å². The molecule has 0 aromatic heterocycles. The Morgan fingerprint density at radius 3 is 2.19 bits per heavy atom. The molecule has 6 nitrogen and oxygen atoms in total. The van der Waals surface area contributed by atoms with Crippen LogP contribution in [0.2, 0.25) is 10.0 Å². The number of nitrogens with one attached hydrogen (secondary N) is 2. The Labute approximate surface area is 212 Å². The number of likely N-dealkylation sites (tertiary alicyclic amines) is 1. The van der Waals surface area contributed by atoms with Gasteiger partial charge >= 0.3 is 12.2 Å². The van der Waals surface area contributed by atoms with Crippen molar-refractivity contribution in [1.29, 1.82) is 0 Å². The third-order valence-corrected chi connectivity index (χ3v) is 6.67. The smallest absolute Gasteiger partial charge is 0.406 e. The molecular weight excluding hydrogens is 532 g/mol. The Hall–Kier alpha value is -2.79. The SMILES string of the molecule is COc1cc(F)c([C@@H]2CN(CC(F)(F)F)C(=O)[C@H]2NC(=O)NC2(c3cc(Cl)cc(Cl)c3)CC2)c(F)c1. The highest BCUT2D eigenvalue weighted by molar-refractivity contribution is 6.34. The topological polar surface area (TPSA) is 70.7 Å². The summed E-state index contributed by atoms with van der Waals surface area (Å²) in [6.07, 6.45) is -3.72. The van der Waals surface area contributed by atoms with Crippen molar-refractivity contribution in [2.24, 2.45) is 0 Å². The van der Waals surface area contributed by atoms with Gasteiger partial charge in [-0.2, -0.15) is 13.2 Å². The average molecular weight is 552 g/mol. The van der Waals surface area contributed by atoms with Crippen LogP contribution in [0.5, 0.6) is 5.75 Å². The molecule has 3 amide bonds. The molecule has 2 aromatic rings. The molecule has 0 radical (unpaired) electrons. The molecule has 36 heavy (non-hydrogen) atoms. The summed E-state index contributed by atoms with van der Waals surface area (Å²) < 4.78 is 73.6. The Morgan fingerprint density at radius 2 is 1.69 bits per heavy atom. The zero-order valence-corrected chi connectivity index (χ0v) is 20.2.